The number of carbonyl (C=O) groups excluding carboxylic acids is 1. The van der Waals surface area contributed by atoms with E-state index in [1.807, 2.05) is 18.2 Å². The predicted octanol–water partition coefficient (Wildman–Crippen LogP) is 2.37. The molecule has 0 aliphatic carbocycles. The van der Waals surface area contributed by atoms with E-state index >= 15 is 0 Å². The second kappa shape index (κ2) is 5.11. The van der Waals surface area contributed by atoms with E-state index in [0.29, 0.717) is 5.56 Å². The van der Waals surface area contributed by atoms with Crippen LogP contribution in [-0.4, -0.2) is 16.2 Å². The summed E-state index contributed by atoms with van der Waals surface area (Å²) in [6, 6.07) is 7.32. The largest absolute Gasteiger partial charge is 0.457 e. The fourth-order valence-corrected chi connectivity index (χ4v) is 1.82. The van der Waals surface area contributed by atoms with Gasteiger partial charge < -0.3 is 4.74 Å². The van der Waals surface area contributed by atoms with Crippen LogP contribution in [0.3, 0.4) is 0 Å². The number of nitrogens with zero attached hydrogens (tertiary/aromatic N) is 1. The number of halogens is 1. The van der Waals surface area contributed by atoms with Crippen LogP contribution >= 0.6 is 22.6 Å². The Balaban J connectivity index is 2.01. The molecule has 2 aromatic rings. The Morgan fingerprint density at radius 2 is 2.25 bits per heavy atom. The van der Waals surface area contributed by atoms with E-state index in [1.54, 1.807) is 18.5 Å². The highest BCUT2D eigenvalue weighted by molar-refractivity contribution is 14.1. The summed E-state index contributed by atoms with van der Waals surface area (Å²) in [6.07, 6.45) is 3.33. The molecule has 0 atom stereocenters. The van der Waals surface area contributed by atoms with Crippen LogP contribution in [0.25, 0.3) is 0 Å². The molecule has 0 aliphatic heterocycles. The summed E-state index contributed by atoms with van der Waals surface area (Å²) in [4.78, 5) is 11.7. The summed E-state index contributed by atoms with van der Waals surface area (Å²) in [7, 11) is 0. The molecule has 1 aromatic carbocycles. The lowest BCUT2D eigenvalue weighted by atomic mass is 10.2. The first-order valence-corrected chi connectivity index (χ1v) is 5.74. The maximum atomic E-state index is 11.7. The van der Waals surface area contributed by atoms with Gasteiger partial charge in [0.2, 0.25) is 0 Å². The lowest BCUT2D eigenvalue weighted by Gasteiger charge is -2.04. The number of benzene rings is 1. The van der Waals surface area contributed by atoms with Gasteiger partial charge in [0.15, 0.2) is 0 Å². The summed E-state index contributed by atoms with van der Waals surface area (Å²) >= 11 is 2.11. The van der Waals surface area contributed by atoms with Crippen molar-refractivity contribution in [1.82, 2.24) is 10.2 Å². The average molecular weight is 328 g/mol. The number of esters is 1. The summed E-state index contributed by atoms with van der Waals surface area (Å²) in [5, 5.41) is 6.43. The van der Waals surface area contributed by atoms with Crippen molar-refractivity contribution >= 4 is 28.6 Å². The Hall–Kier alpha value is -1.37. The van der Waals surface area contributed by atoms with Gasteiger partial charge in [-0.15, -0.1) is 0 Å². The third-order valence-corrected chi connectivity index (χ3v) is 2.96. The smallest absolute Gasteiger partial charge is 0.339 e. The molecule has 5 heteroatoms. The molecular weight excluding hydrogens is 319 g/mol. The van der Waals surface area contributed by atoms with Gasteiger partial charge in [0.05, 0.1) is 11.8 Å². The molecule has 0 fully saturated rings. The molecule has 1 aromatic heterocycles. The number of aromatic nitrogens is 2. The van der Waals surface area contributed by atoms with Crippen LogP contribution in [0.4, 0.5) is 0 Å². The highest BCUT2D eigenvalue weighted by Crippen LogP contribution is 2.13. The monoisotopic (exact) mass is 328 g/mol. The molecule has 0 aliphatic rings. The summed E-state index contributed by atoms with van der Waals surface area (Å²) in [5.74, 6) is -0.314. The van der Waals surface area contributed by atoms with E-state index in [-0.39, 0.29) is 12.6 Å². The van der Waals surface area contributed by atoms with Crippen molar-refractivity contribution in [3.63, 3.8) is 0 Å². The average Bonchev–Trinajstić information content (AvgIpc) is 2.79. The third kappa shape index (κ3) is 2.60. The first-order valence-electron chi connectivity index (χ1n) is 4.66. The number of rotatable bonds is 3. The molecule has 0 unspecified atom stereocenters. The standard InChI is InChI=1S/C11H9IN2O2/c12-10-4-2-1-3-9(10)11(15)16-7-8-5-13-14-6-8/h1-6H,7H2,(H,13,14). The van der Waals surface area contributed by atoms with Crippen molar-refractivity contribution in [1.29, 1.82) is 0 Å². The highest BCUT2D eigenvalue weighted by Gasteiger charge is 2.10. The van der Waals surface area contributed by atoms with Gasteiger partial charge in [-0.2, -0.15) is 5.10 Å². The fraction of sp³-hybridized carbons (Fsp3) is 0.0909. The molecule has 2 rings (SSSR count). The molecule has 1 N–H and O–H groups in total. The van der Waals surface area contributed by atoms with Crippen LogP contribution in [0.5, 0.6) is 0 Å². The molecule has 0 bridgehead atoms. The number of carbonyl (C=O) groups is 1. The zero-order chi connectivity index (χ0) is 11.4. The van der Waals surface area contributed by atoms with Crippen molar-refractivity contribution in [3.8, 4) is 0 Å². The lowest BCUT2D eigenvalue weighted by molar-refractivity contribution is 0.0471. The van der Waals surface area contributed by atoms with Crippen molar-refractivity contribution < 1.29 is 9.53 Å². The zero-order valence-electron chi connectivity index (χ0n) is 8.31. The summed E-state index contributed by atoms with van der Waals surface area (Å²) in [6.45, 7) is 0.236. The molecule has 1 heterocycles. The van der Waals surface area contributed by atoms with Gasteiger partial charge in [0.25, 0.3) is 0 Å². The van der Waals surface area contributed by atoms with E-state index in [1.165, 1.54) is 0 Å². The number of ether oxygens (including phenoxy) is 1. The quantitative estimate of drug-likeness (QED) is 0.695. The Kier molecular flexibility index (Phi) is 3.55. The van der Waals surface area contributed by atoms with Gasteiger partial charge in [-0.1, -0.05) is 12.1 Å². The molecule has 16 heavy (non-hydrogen) atoms. The van der Waals surface area contributed by atoms with Crippen molar-refractivity contribution in [2.45, 2.75) is 6.61 Å². The highest BCUT2D eigenvalue weighted by atomic mass is 127. The Bertz CT molecular complexity index is 482. The number of hydrogen-bond donors (Lipinski definition) is 1. The maximum Gasteiger partial charge on any atom is 0.339 e. The van der Waals surface area contributed by atoms with Gasteiger partial charge in [-0.05, 0) is 34.7 Å². The van der Waals surface area contributed by atoms with Crippen LogP contribution < -0.4 is 0 Å². The van der Waals surface area contributed by atoms with Gasteiger partial charge in [-0.25, -0.2) is 4.79 Å². The zero-order valence-corrected chi connectivity index (χ0v) is 10.5. The minimum absolute atomic E-state index is 0.236. The number of hydrogen-bond acceptors (Lipinski definition) is 3. The van der Waals surface area contributed by atoms with Gasteiger partial charge in [0.1, 0.15) is 6.61 Å². The summed E-state index contributed by atoms with van der Waals surface area (Å²) in [5.41, 5.74) is 1.44. The van der Waals surface area contributed by atoms with Crippen LogP contribution in [0.15, 0.2) is 36.7 Å². The van der Waals surface area contributed by atoms with E-state index < -0.39 is 0 Å². The minimum Gasteiger partial charge on any atom is -0.457 e. The van der Waals surface area contributed by atoms with Crippen molar-refractivity contribution in [2.24, 2.45) is 0 Å². The second-order valence-corrected chi connectivity index (χ2v) is 4.32. The van der Waals surface area contributed by atoms with E-state index in [9.17, 15) is 4.79 Å². The molecule has 82 valence electrons. The SMILES string of the molecule is O=C(OCc1cn[nH]c1)c1ccccc1I. The maximum absolute atomic E-state index is 11.7. The second-order valence-electron chi connectivity index (χ2n) is 3.16. The van der Waals surface area contributed by atoms with E-state index in [2.05, 4.69) is 32.8 Å². The Labute approximate surface area is 106 Å². The molecule has 0 saturated heterocycles. The van der Waals surface area contributed by atoms with E-state index in [0.717, 1.165) is 9.13 Å². The van der Waals surface area contributed by atoms with Gasteiger partial charge >= 0.3 is 5.97 Å². The molecule has 0 spiro atoms. The van der Waals surface area contributed by atoms with Crippen molar-refractivity contribution in [3.05, 3.63) is 51.4 Å². The molecular formula is C11H9IN2O2. The minimum atomic E-state index is -0.314. The van der Waals surface area contributed by atoms with Gasteiger partial charge in [-0.3, -0.25) is 5.10 Å². The van der Waals surface area contributed by atoms with Crippen LogP contribution in [0, 0.1) is 3.57 Å². The van der Waals surface area contributed by atoms with Crippen LogP contribution in [0.1, 0.15) is 15.9 Å². The van der Waals surface area contributed by atoms with Crippen LogP contribution in [-0.2, 0) is 11.3 Å². The van der Waals surface area contributed by atoms with Crippen LogP contribution in [0.2, 0.25) is 0 Å². The third-order valence-electron chi connectivity index (χ3n) is 2.02. The normalized spacial score (nSPS) is 10.1. The number of H-pyrrole nitrogens is 1. The molecule has 0 radical (unpaired) electrons. The first-order chi connectivity index (χ1) is 7.77. The number of nitrogens with one attached hydrogen (secondary N) is 1. The van der Waals surface area contributed by atoms with Gasteiger partial charge in [0, 0.05) is 15.3 Å². The predicted molar refractivity (Wildman–Crippen MR) is 66.9 cm³/mol. The Morgan fingerprint density at radius 1 is 1.44 bits per heavy atom. The van der Waals surface area contributed by atoms with E-state index in [4.69, 9.17) is 4.74 Å². The fourth-order valence-electron chi connectivity index (χ4n) is 1.21. The lowest BCUT2D eigenvalue weighted by Crippen LogP contribution is -2.06. The Morgan fingerprint density at radius 3 is 2.94 bits per heavy atom. The molecule has 0 saturated carbocycles. The molecule has 4 nitrogen and oxygen atoms in total. The molecule has 0 amide bonds. The topological polar surface area (TPSA) is 55.0 Å². The number of aromatic amines is 1. The summed E-state index contributed by atoms with van der Waals surface area (Å²) < 4.78 is 6.04. The first kappa shape index (κ1) is 11.1. The van der Waals surface area contributed by atoms with Crippen molar-refractivity contribution in [2.75, 3.05) is 0 Å².